The summed E-state index contributed by atoms with van der Waals surface area (Å²) < 4.78 is 0. The topological polar surface area (TPSA) is 40.6 Å². The van der Waals surface area contributed by atoms with Crippen LogP contribution < -0.4 is 0 Å². The molecule has 1 aliphatic heterocycles. The monoisotopic (exact) mass is 292 g/mol. The third-order valence-electron chi connectivity index (χ3n) is 5.36. The van der Waals surface area contributed by atoms with Gasteiger partial charge >= 0.3 is 0 Å². The number of carbonyl (C=O) groups excluding carboxylic acids is 2. The molecule has 1 saturated heterocycles. The molecule has 0 N–H and O–H groups in total. The van der Waals surface area contributed by atoms with Crippen molar-refractivity contribution in [3.8, 4) is 0 Å². The zero-order chi connectivity index (χ0) is 14.7. The van der Waals surface area contributed by atoms with Gasteiger partial charge in [0.1, 0.15) is 0 Å². The quantitative estimate of drug-likeness (QED) is 0.798. The number of carbonyl (C=O) groups is 2. The van der Waals surface area contributed by atoms with Crippen LogP contribution in [0.2, 0.25) is 0 Å². The van der Waals surface area contributed by atoms with Crippen molar-refractivity contribution in [2.45, 2.75) is 57.8 Å². The van der Waals surface area contributed by atoms with E-state index in [9.17, 15) is 9.59 Å². The van der Waals surface area contributed by atoms with Crippen molar-refractivity contribution < 1.29 is 9.59 Å². The second-order valence-corrected chi connectivity index (χ2v) is 7.02. The molecule has 0 atom stereocenters. The Morgan fingerprint density at radius 3 is 2.05 bits per heavy atom. The van der Waals surface area contributed by atoms with Crippen molar-refractivity contribution in [3.05, 3.63) is 0 Å². The van der Waals surface area contributed by atoms with Crippen LogP contribution in [0.5, 0.6) is 0 Å². The third kappa shape index (κ3) is 3.98. The van der Waals surface area contributed by atoms with Gasteiger partial charge < -0.3 is 9.80 Å². The maximum Gasteiger partial charge on any atom is 0.225 e. The predicted molar refractivity (Wildman–Crippen MR) is 81.7 cm³/mol. The molecule has 2 aliphatic carbocycles. The number of hydrogen-bond acceptors (Lipinski definition) is 2. The van der Waals surface area contributed by atoms with Crippen LogP contribution in [-0.2, 0) is 9.59 Å². The van der Waals surface area contributed by atoms with Crippen molar-refractivity contribution >= 4 is 11.8 Å². The van der Waals surface area contributed by atoms with E-state index < -0.39 is 0 Å². The van der Waals surface area contributed by atoms with Gasteiger partial charge in [-0.15, -0.1) is 0 Å². The van der Waals surface area contributed by atoms with Crippen molar-refractivity contribution in [2.24, 2.45) is 11.8 Å². The van der Waals surface area contributed by atoms with Gasteiger partial charge in [-0.1, -0.05) is 32.1 Å². The molecular weight excluding hydrogens is 264 g/mol. The first-order chi connectivity index (χ1) is 10.2. The average molecular weight is 292 g/mol. The Hall–Kier alpha value is -1.06. The van der Waals surface area contributed by atoms with Crippen LogP contribution in [0.4, 0.5) is 0 Å². The first kappa shape index (κ1) is 14.9. The van der Waals surface area contributed by atoms with E-state index in [0.29, 0.717) is 24.2 Å². The minimum atomic E-state index is 0.304. The molecule has 0 bridgehead atoms. The molecule has 0 aromatic heterocycles. The zero-order valence-corrected chi connectivity index (χ0v) is 13.1. The Bertz CT molecular complexity index is 378. The molecule has 0 aromatic carbocycles. The smallest absolute Gasteiger partial charge is 0.225 e. The van der Waals surface area contributed by atoms with E-state index in [-0.39, 0.29) is 0 Å². The van der Waals surface area contributed by atoms with Gasteiger partial charge in [0.05, 0.1) is 0 Å². The van der Waals surface area contributed by atoms with Crippen LogP contribution in [0.15, 0.2) is 0 Å². The van der Waals surface area contributed by atoms with E-state index in [1.165, 1.54) is 32.1 Å². The highest BCUT2D eigenvalue weighted by Gasteiger charge is 2.35. The summed E-state index contributed by atoms with van der Waals surface area (Å²) in [6.07, 6.45) is 10.6. The Morgan fingerprint density at radius 2 is 1.43 bits per heavy atom. The molecule has 0 radical (unpaired) electrons. The van der Waals surface area contributed by atoms with Crippen LogP contribution in [0, 0.1) is 11.8 Å². The lowest BCUT2D eigenvalue weighted by Crippen LogP contribution is -2.51. The van der Waals surface area contributed by atoms with Gasteiger partial charge in [0.25, 0.3) is 0 Å². The molecule has 1 heterocycles. The number of piperazine rings is 1. The summed E-state index contributed by atoms with van der Waals surface area (Å²) in [4.78, 5) is 28.2. The van der Waals surface area contributed by atoms with Crippen LogP contribution in [0.3, 0.4) is 0 Å². The molecule has 3 aliphatic rings. The summed E-state index contributed by atoms with van der Waals surface area (Å²) in [6.45, 7) is 2.96. The summed E-state index contributed by atoms with van der Waals surface area (Å²) in [5.74, 6) is 1.71. The lowest BCUT2D eigenvalue weighted by atomic mass is 9.86. The fourth-order valence-electron chi connectivity index (χ4n) is 3.73. The SMILES string of the molecule is O=C(CCC1CCCCC1)N1CCN(C(=O)C2CC2)CC1. The molecule has 2 amide bonds. The highest BCUT2D eigenvalue weighted by atomic mass is 16.2. The Balaban J connectivity index is 1.37. The van der Waals surface area contributed by atoms with E-state index in [4.69, 9.17) is 0 Å². The lowest BCUT2D eigenvalue weighted by Gasteiger charge is -2.35. The average Bonchev–Trinajstić information content (AvgIpc) is 3.38. The molecule has 3 fully saturated rings. The van der Waals surface area contributed by atoms with E-state index in [2.05, 4.69) is 0 Å². The van der Waals surface area contributed by atoms with E-state index in [1.807, 2.05) is 9.80 Å². The van der Waals surface area contributed by atoms with Crippen LogP contribution >= 0.6 is 0 Å². The molecule has 3 rings (SSSR count). The van der Waals surface area contributed by atoms with Crippen molar-refractivity contribution in [1.29, 1.82) is 0 Å². The largest absolute Gasteiger partial charge is 0.339 e. The molecule has 4 nitrogen and oxygen atoms in total. The van der Waals surface area contributed by atoms with E-state index >= 15 is 0 Å². The summed E-state index contributed by atoms with van der Waals surface area (Å²) in [6, 6.07) is 0. The lowest BCUT2D eigenvalue weighted by molar-refractivity contribution is -0.140. The molecule has 0 unspecified atom stereocenters. The van der Waals surface area contributed by atoms with Crippen LogP contribution in [-0.4, -0.2) is 47.8 Å². The number of rotatable bonds is 4. The minimum absolute atomic E-state index is 0.304. The second kappa shape index (κ2) is 6.80. The maximum atomic E-state index is 12.3. The van der Waals surface area contributed by atoms with E-state index in [0.717, 1.165) is 51.4 Å². The van der Waals surface area contributed by atoms with Gasteiger partial charge in [-0.2, -0.15) is 0 Å². The molecule has 0 aromatic rings. The van der Waals surface area contributed by atoms with Crippen molar-refractivity contribution in [2.75, 3.05) is 26.2 Å². The third-order valence-corrected chi connectivity index (χ3v) is 5.36. The summed E-state index contributed by atoms with van der Waals surface area (Å²) in [5.41, 5.74) is 0. The van der Waals surface area contributed by atoms with Crippen molar-refractivity contribution in [1.82, 2.24) is 9.80 Å². The fourth-order valence-corrected chi connectivity index (χ4v) is 3.73. The normalized spacial score (nSPS) is 24.2. The Labute approximate surface area is 127 Å². The molecular formula is C17H28N2O2. The molecule has 4 heteroatoms. The Morgan fingerprint density at radius 1 is 0.810 bits per heavy atom. The highest BCUT2D eigenvalue weighted by molar-refractivity contribution is 5.81. The predicted octanol–water partition coefficient (Wildman–Crippen LogP) is 2.43. The number of hydrogen-bond donors (Lipinski definition) is 0. The molecule has 21 heavy (non-hydrogen) atoms. The van der Waals surface area contributed by atoms with Gasteiger partial charge in [0, 0.05) is 38.5 Å². The molecule has 2 saturated carbocycles. The van der Waals surface area contributed by atoms with Gasteiger partial charge in [-0.3, -0.25) is 9.59 Å². The molecule has 0 spiro atoms. The van der Waals surface area contributed by atoms with Crippen molar-refractivity contribution in [3.63, 3.8) is 0 Å². The number of amides is 2. The molecule has 118 valence electrons. The van der Waals surface area contributed by atoms with Crippen LogP contribution in [0.1, 0.15) is 57.8 Å². The highest BCUT2D eigenvalue weighted by Crippen LogP contribution is 2.31. The second-order valence-electron chi connectivity index (χ2n) is 7.02. The maximum absolute atomic E-state index is 12.3. The summed E-state index contributed by atoms with van der Waals surface area (Å²) >= 11 is 0. The first-order valence-electron chi connectivity index (χ1n) is 8.80. The standard InChI is InChI=1S/C17H28N2O2/c20-16(9-6-14-4-2-1-3-5-14)18-10-12-19(13-11-18)17(21)15-7-8-15/h14-15H,1-13H2. The minimum Gasteiger partial charge on any atom is -0.339 e. The van der Waals surface area contributed by atoms with Crippen LogP contribution in [0.25, 0.3) is 0 Å². The van der Waals surface area contributed by atoms with Gasteiger partial charge in [0.2, 0.25) is 11.8 Å². The summed E-state index contributed by atoms with van der Waals surface area (Å²) in [5, 5.41) is 0. The number of nitrogens with zero attached hydrogens (tertiary/aromatic N) is 2. The fraction of sp³-hybridized carbons (Fsp3) is 0.882. The Kier molecular flexibility index (Phi) is 4.81. The zero-order valence-electron chi connectivity index (χ0n) is 13.1. The summed E-state index contributed by atoms with van der Waals surface area (Å²) in [7, 11) is 0. The first-order valence-corrected chi connectivity index (χ1v) is 8.80. The van der Waals surface area contributed by atoms with E-state index in [1.54, 1.807) is 0 Å². The van der Waals surface area contributed by atoms with Gasteiger partial charge in [0.15, 0.2) is 0 Å². The van der Waals surface area contributed by atoms with Gasteiger partial charge in [-0.25, -0.2) is 0 Å². The van der Waals surface area contributed by atoms with Gasteiger partial charge in [-0.05, 0) is 25.2 Å².